The van der Waals surface area contributed by atoms with Crippen LogP contribution in [0.2, 0.25) is 0 Å². The number of amides is 1. The topological polar surface area (TPSA) is 37.7 Å². The fourth-order valence-corrected chi connectivity index (χ4v) is 5.53. The van der Waals surface area contributed by atoms with E-state index in [2.05, 4.69) is 90.2 Å². The summed E-state index contributed by atoms with van der Waals surface area (Å²) in [7, 11) is 0. The Labute approximate surface area is 235 Å². The molecule has 0 radical (unpaired) electrons. The Bertz CT molecular complexity index is 1190. The maximum Gasteiger partial charge on any atom is 0.411 e. The molecule has 39 heavy (non-hydrogen) atoms. The first-order chi connectivity index (χ1) is 19.1. The number of para-hydroxylation sites is 1. The van der Waals surface area contributed by atoms with Gasteiger partial charge in [-0.2, -0.15) is 0 Å². The third kappa shape index (κ3) is 7.98. The second-order valence-electron chi connectivity index (χ2n) is 10.9. The van der Waals surface area contributed by atoms with E-state index in [1.54, 1.807) is 0 Å². The van der Waals surface area contributed by atoms with Gasteiger partial charge in [0.15, 0.2) is 6.23 Å². The van der Waals surface area contributed by atoms with Crippen molar-refractivity contribution in [3.05, 3.63) is 78.0 Å². The fraction of sp³-hybridized carbons (Fsp3) is 0.500. The molecule has 5 nitrogen and oxygen atoms in total. The van der Waals surface area contributed by atoms with Crippen molar-refractivity contribution in [3.63, 3.8) is 0 Å². The Hall–Kier alpha value is -3.05. The zero-order valence-corrected chi connectivity index (χ0v) is 24.3. The van der Waals surface area contributed by atoms with Gasteiger partial charge in [-0.3, -0.25) is 4.90 Å². The molecule has 2 heterocycles. The molecule has 1 unspecified atom stereocenters. The van der Waals surface area contributed by atoms with E-state index in [9.17, 15) is 4.79 Å². The van der Waals surface area contributed by atoms with Crippen molar-refractivity contribution in [2.24, 2.45) is 0 Å². The van der Waals surface area contributed by atoms with E-state index < -0.39 is 0 Å². The molecule has 2 aromatic carbocycles. The van der Waals surface area contributed by atoms with Gasteiger partial charge >= 0.3 is 6.09 Å². The Morgan fingerprint density at radius 1 is 0.949 bits per heavy atom. The smallest absolute Gasteiger partial charge is 0.411 e. The molecule has 0 bridgehead atoms. The highest BCUT2D eigenvalue weighted by molar-refractivity contribution is 5.84. The second kappa shape index (κ2) is 14.9. The molecule has 0 spiro atoms. The highest BCUT2D eigenvalue weighted by Crippen LogP contribution is 2.27. The van der Waals surface area contributed by atoms with Crippen LogP contribution in [0, 0.1) is 0 Å². The summed E-state index contributed by atoms with van der Waals surface area (Å²) < 4.78 is 8.14. The van der Waals surface area contributed by atoms with Crippen LogP contribution in [0.1, 0.15) is 83.1 Å². The highest BCUT2D eigenvalue weighted by Gasteiger charge is 2.20. The van der Waals surface area contributed by atoms with Crippen LogP contribution in [0.3, 0.4) is 0 Å². The standard InChI is InChI=1S/C34H47N3O2/c1-4-6-23-36(24-7-5-2)34(38)39-28(3)37-27-31(32-18-11-12-19-33(32)37)17-13-14-22-35-25-20-30(21-26-35)29-15-9-8-10-16-29/h8-12,15-16,18-20,27-28H,4-7,13-14,17,21-26H2,1-3H3. The molecule has 5 heteroatoms. The van der Waals surface area contributed by atoms with Crippen molar-refractivity contribution >= 4 is 22.6 Å². The zero-order valence-electron chi connectivity index (χ0n) is 24.3. The van der Waals surface area contributed by atoms with Gasteiger partial charge in [-0.1, -0.05) is 81.3 Å². The molecule has 0 N–H and O–H groups in total. The van der Waals surface area contributed by atoms with E-state index >= 15 is 0 Å². The minimum Gasteiger partial charge on any atom is -0.425 e. The number of carbonyl (C=O) groups excluding carboxylic acids is 1. The molecular formula is C34H47N3O2. The summed E-state index contributed by atoms with van der Waals surface area (Å²) in [5.74, 6) is 0. The van der Waals surface area contributed by atoms with Crippen LogP contribution in [0.4, 0.5) is 4.79 Å². The first kappa shape index (κ1) is 28.9. The normalized spacial score (nSPS) is 14.8. The summed E-state index contributed by atoms with van der Waals surface area (Å²) >= 11 is 0. The average molecular weight is 530 g/mol. The molecule has 1 atom stereocenters. The quantitative estimate of drug-likeness (QED) is 0.197. The first-order valence-corrected chi connectivity index (χ1v) is 15.1. The lowest BCUT2D eigenvalue weighted by atomic mass is 9.99. The van der Waals surface area contributed by atoms with E-state index in [-0.39, 0.29) is 12.3 Å². The van der Waals surface area contributed by atoms with Gasteiger partial charge in [0.25, 0.3) is 0 Å². The number of aromatic nitrogens is 1. The minimum absolute atomic E-state index is 0.199. The monoisotopic (exact) mass is 529 g/mol. The van der Waals surface area contributed by atoms with E-state index in [0.29, 0.717) is 0 Å². The van der Waals surface area contributed by atoms with Gasteiger partial charge in [0.05, 0.1) is 5.52 Å². The van der Waals surface area contributed by atoms with Crippen LogP contribution >= 0.6 is 0 Å². The van der Waals surface area contributed by atoms with Crippen molar-refractivity contribution in [3.8, 4) is 0 Å². The minimum atomic E-state index is -0.346. The SMILES string of the molecule is CCCCN(CCCC)C(=O)OC(C)n1cc(CCCCN2CC=C(c3ccccc3)CC2)c2ccccc21. The summed E-state index contributed by atoms with van der Waals surface area (Å²) in [5, 5.41) is 1.27. The van der Waals surface area contributed by atoms with Crippen LogP contribution in [0.5, 0.6) is 0 Å². The molecule has 0 saturated carbocycles. The van der Waals surface area contributed by atoms with Gasteiger partial charge in [0.1, 0.15) is 0 Å². The molecule has 1 amide bonds. The van der Waals surface area contributed by atoms with Gasteiger partial charge in [0.2, 0.25) is 0 Å². The van der Waals surface area contributed by atoms with Gasteiger partial charge in [-0.15, -0.1) is 0 Å². The van der Waals surface area contributed by atoms with E-state index in [1.807, 2.05) is 11.8 Å². The molecule has 1 aliphatic heterocycles. The van der Waals surface area contributed by atoms with E-state index in [0.717, 1.165) is 83.2 Å². The summed E-state index contributed by atoms with van der Waals surface area (Å²) in [6.45, 7) is 11.1. The summed E-state index contributed by atoms with van der Waals surface area (Å²) in [5.41, 5.74) is 5.32. The predicted octanol–water partition coefficient (Wildman–Crippen LogP) is 8.31. The Morgan fingerprint density at radius 2 is 1.67 bits per heavy atom. The number of aryl methyl sites for hydroxylation is 1. The molecule has 0 fully saturated rings. The summed E-state index contributed by atoms with van der Waals surface area (Å²) in [4.78, 5) is 17.5. The van der Waals surface area contributed by atoms with Crippen LogP contribution in [-0.2, 0) is 11.2 Å². The number of ether oxygens (including phenoxy) is 1. The van der Waals surface area contributed by atoms with E-state index in [4.69, 9.17) is 4.74 Å². The number of carbonyl (C=O) groups is 1. The summed E-state index contributed by atoms with van der Waals surface area (Å²) in [6, 6.07) is 19.3. The number of unbranched alkanes of at least 4 members (excludes halogenated alkanes) is 3. The lowest BCUT2D eigenvalue weighted by molar-refractivity contribution is 0.0398. The number of nitrogens with zero attached hydrogens (tertiary/aromatic N) is 3. The third-order valence-corrected chi connectivity index (χ3v) is 7.92. The summed E-state index contributed by atoms with van der Waals surface area (Å²) in [6.07, 6.45) is 12.7. The van der Waals surface area contributed by atoms with Crippen molar-refractivity contribution < 1.29 is 9.53 Å². The average Bonchev–Trinajstić information content (AvgIpc) is 3.35. The fourth-order valence-electron chi connectivity index (χ4n) is 5.53. The number of hydrogen-bond donors (Lipinski definition) is 0. The molecule has 3 aromatic rings. The first-order valence-electron chi connectivity index (χ1n) is 15.1. The lowest BCUT2D eigenvalue weighted by Crippen LogP contribution is -2.34. The molecular weight excluding hydrogens is 482 g/mol. The molecule has 210 valence electrons. The largest absolute Gasteiger partial charge is 0.425 e. The predicted molar refractivity (Wildman–Crippen MR) is 163 cm³/mol. The number of benzene rings is 2. The van der Waals surface area contributed by atoms with Gasteiger partial charge in [-0.25, -0.2) is 4.79 Å². The molecule has 1 aliphatic rings. The van der Waals surface area contributed by atoms with Crippen LogP contribution < -0.4 is 0 Å². The molecule has 1 aromatic heterocycles. The molecule has 4 rings (SSSR count). The molecule has 0 aliphatic carbocycles. The molecule has 0 saturated heterocycles. The van der Waals surface area contributed by atoms with E-state index in [1.165, 1.54) is 28.5 Å². The van der Waals surface area contributed by atoms with Crippen LogP contribution in [-0.4, -0.2) is 53.2 Å². The Balaban J connectivity index is 1.32. The highest BCUT2D eigenvalue weighted by atomic mass is 16.6. The zero-order chi connectivity index (χ0) is 27.5. The Kier molecular flexibility index (Phi) is 11.1. The van der Waals surface area contributed by atoms with Crippen molar-refractivity contribution in [1.82, 2.24) is 14.4 Å². The maximum absolute atomic E-state index is 13.0. The van der Waals surface area contributed by atoms with Gasteiger partial charge in [0, 0.05) is 37.8 Å². The Morgan fingerprint density at radius 3 is 2.36 bits per heavy atom. The third-order valence-electron chi connectivity index (χ3n) is 7.92. The van der Waals surface area contributed by atoms with Crippen molar-refractivity contribution in [1.29, 1.82) is 0 Å². The number of fused-ring (bicyclic) bond motifs is 1. The van der Waals surface area contributed by atoms with Crippen molar-refractivity contribution in [2.75, 3.05) is 32.7 Å². The van der Waals surface area contributed by atoms with Crippen LogP contribution in [0.15, 0.2) is 66.9 Å². The van der Waals surface area contributed by atoms with Crippen molar-refractivity contribution in [2.45, 2.75) is 78.4 Å². The van der Waals surface area contributed by atoms with Crippen LogP contribution in [0.25, 0.3) is 16.5 Å². The number of hydrogen-bond acceptors (Lipinski definition) is 3. The maximum atomic E-state index is 13.0. The van der Waals surface area contributed by atoms with Gasteiger partial charge in [-0.05, 0) is 74.8 Å². The van der Waals surface area contributed by atoms with Gasteiger partial charge < -0.3 is 14.2 Å². The number of rotatable bonds is 14. The lowest BCUT2D eigenvalue weighted by Gasteiger charge is -2.26. The second-order valence-corrected chi connectivity index (χ2v) is 10.9.